The van der Waals surface area contributed by atoms with Crippen molar-refractivity contribution in [3.05, 3.63) is 64.4 Å². The van der Waals surface area contributed by atoms with Crippen molar-refractivity contribution >= 4 is 33.6 Å². The number of likely N-dealkylation sites (N-methyl/N-ethyl adjacent to an activating group) is 1. The second-order valence-corrected chi connectivity index (χ2v) is 7.55. The Morgan fingerprint density at radius 2 is 1.96 bits per heavy atom. The van der Waals surface area contributed by atoms with Crippen LogP contribution >= 0.6 is 27.7 Å². The molecular formula is C18H20BrFN2OS. The van der Waals surface area contributed by atoms with Gasteiger partial charge < -0.3 is 10.2 Å². The highest BCUT2D eigenvalue weighted by Gasteiger charge is 2.16. The van der Waals surface area contributed by atoms with Gasteiger partial charge in [-0.2, -0.15) is 0 Å². The number of thioether (sulfide) groups is 1. The molecule has 0 saturated carbocycles. The lowest BCUT2D eigenvalue weighted by Crippen LogP contribution is -2.35. The first-order chi connectivity index (χ1) is 11.5. The van der Waals surface area contributed by atoms with Gasteiger partial charge in [0, 0.05) is 15.9 Å². The van der Waals surface area contributed by atoms with Crippen LogP contribution in [0.25, 0.3) is 0 Å². The number of hydrogen-bond donors (Lipinski definition) is 1. The van der Waals surface area contributed by atoms with Gasteiger partial charge in [0.15, 0.2) is 0 Å². The van der Waals surface area contributed by atoms with Crippen molar-refractivity contribution in [2.24, 2.45) is 0 Å². The van der Waals surface area contributed by atoms with Gasteiger partial charge in [-0.15, -0.1) is 11.8 Å². The molecule has 1 amide bonds. The second-order valence-electron chi connectivity index (χ2n) is 5.58. The van der Waals surface area contributed by atoms with Gasteiger partial charge in [-0.1, -0.05) is 28.1 Å². The fraction of sp³-hybridized carbons (Fsp3) is 0.278. The Bertz CT molecular complexity index is 679. The topological polar surface area (TPSA) is 32.3 Å². The number of halogens is 2. The Labute approximate surface area is 154 Å². The molecule has 0 aliphatic heterocycles. The minimum atomic E-state index is -0.267. The summed E-state index contributed by atoms with van der Waals surface area (Å²) < 4.78 is 14.4. The Morgan fingerprint density at radius 1 is 1.25 bits per heavy atom. The van der Waals surface area contributed by atoms with E-state index < -0.39 is 0 Å². The molecule has 1 unspecified atom stereocenters. The highest BCUT2D eigenvalue weighted by atomic mass is 79.9. The summed E-state index contributed by atoms with van der Waals surface area (Å²) in [5, 5.41) is 2.93. The van der Waals surface area contributed by atoms with Gasteiger partial charge in [-0.3, -0.25) is 4.79 Å². The fourth-order valence-corrected chi connectivity index (χ4v) is 3.25. The van der Waals surface area contributed by atoms with Crippen LogP contribution in [0.4, 0.5) is 4.39 Å². The van der Waals surface area contributed by atoms with E-state index in [2.05, 4.69) is 21.2 Å². The van der Waals surface area contributed by atoms with Gasteiger partial charge in [0.2, 0.25) is 5.91 Å². The molecule has 128 valence electrons. The summed E-state index contributed by atoms with van der Waals surface area (Å²) >= 11 is 4.88. The van der Waals surface area contributed by atoms with Crippen LogP contribution in [0.1, 0.15) is 11.6 Å². The second kappa shape index (κ2) is 9.20. The van der Waals surface area contributed by atoms with E-state index in [9.17, 15) is 9.18 Å². The zero-order valence-corrected chi connectivity index (χ0v) is 16.0. The molecule has 24 heavy (non-hydrogen) atoms. The molecule has 0 heterocycles. The molecule has 0 fully saturated rings. The van der Waals surface area contributed by atoms with Crippen LogP contribution in [-0.4, -0.2) is 37.2 Å². The van der Waals surface area contributed by atoms with Crippen LogP contribution < -0.4 is 5.32 Å². The van der Waals surface area contributed by atoms with Crippen LogP contribution in [0, 0.1) is 5.82 Å². The molecule has 2 aromatic rings. The summed E-state index contributed by atoms with van der Waals surface area (Å²) in [7, 11) is 3.83. The molecule has 0 aromatic heterocycles. The molecule has 3 nitrogen and oxygen atoms in total. The summed E-state index contributed by atoms with van der Waals surface area (Å²) in [5.74, 6) is 0.0490. The monoisotopic (exact) mass is 410 g/mol. The molecule has 6 heteroatoms. The normalized spacial score (nSPS) is 12.2. The molecule has 0 radical (unpaired) electrons. The Kier molecular flexibility index (Phi) is 7.27. The third-order valence-corrected chi connectivity index (χ3v) is 5.07. The van der Waals surface area contributed by atoms with E-state index in [1.165, 1.54) is 23.9 Å². The van der Waals surface area contributed by atoms with Crippen LogP contribution in [0.3, 0.4) is 0 Å². The SMILES string of the molecule is CN(C)C(CNC(=O)CSc1ccc(Br)cc1)c1cccc(F)c1. The number of amides is 1. The Balaban J connectivity index is 1.87. The molecule has 1 N–H and O–H groups in total. The zero-order chi connectivity index (χ0) is 17.5. The van der Waals surface area contributed by atoms with Gasteiger partial charge in [0.1, 0.15) is 5.82 Å². The van der Waals surface area contributed by atoms with E-state index in [4.69, 9.17) is 0 Å². The highest BCUT2D eigenvalue weighted by molar-refractivity contribution is 9.10. The lowest BCUT2D eigenvalue weighted by molar-refractivity contribution is -0.118. The average molecular weight is 411 g/mol. The maximum Gasteiger partial charge on any atom is 0.230 e. The van der Waals surface area contributed by atoms with Gasteiger partial charge in [0.25, 0.3) is 0 Å². The molecule has 2 rings (SSSR count). The van der Waals surface area contributed by atoms with Gasteiger partial charge in [-0.25, -0.2) is 4.39 Å². The minimum absolute atomic E-state index is 0.0360. The Morgan fingerprint density at radius 3 is 2.58 bits per heavy atom. The van der Waals surface area contributed by atoms with Crippen LogP contribution in [0.5, 0.6) is 0 Å². The summed E-state index contributed by atoms with van der Waals surface area (Å²) in [6.45, 7) is 0.441. The molecule has 2 aromatic carbocycles. The van der Waals surface area contributed by atoms with Crippen molar-refractivity contribution < 1.29 is 9.18 Å². The first kappa shape index (κ1) is 19.0. The summed E-state index contributed by atoms with van der Waals surface area (Å²) in [6, 6.07) is 14.3. The van der Waals surface area contributed by atoms with Crippen molar-refractivity contribution in [2.45, 2.75) is 10.9 Å². The molecule has 0 spiro atoms. The number of rotatable bonds is 7. The number of nitrogens with one attached hydrogen (secondary N) is 1. The number of nitrogens with zero attached hydrogens (tertiary/aromatic N) is 1. The van der Waals surface area contributed by atoms with Crippen LogP contribution in [0.2, 0.25) is 0 Å². The summed E-state index contributed by atoms with van der Waals surface area (Å²) in [4.78, 5) is 15.1. The third kappa shape index (κ3) is 5.92. The first-order valence-electron chi connectivity index (χ1n) is 7.52. The van der Waals surface area contributed by atoms with Crippen molar-refractivity contribution in [2.75, 3.05) is 26.4 Å². The molecular weight excluding hydrogens is 391 g/mol. The largest absolute Gasteiger partial charge is 0.353 e. The predicted molar refractivity (Wildman–Crippen MR) is 101 cm³/mol. The van der Waals surface area contributed by atoms with E-state index >= 15 is 0 Å². The standard InChI is InChI=1S/C18H20BrFN2OS/c1-22(2)17(13-4-3-5-15(20)10-13)11-21-18(23)12-24-16-8-6-14(19)7-9-16/h3-10,17H,11-12H2,1-2H3,(H,21,23). The van der Waals surface area contributed by atoms with E-state index in [0.29, 0.717) is 12.3 Å². The highest BCUT2D eigenvalue weighted by Crippen LogP contribution is 2.21. The fourth-order valence-electron chi connectivity index (χ4n) is 2.25. The van der Waals surface area contributed by atoms with Gasteiger partial charge in [0.05, 0.1) is 11.8 Å². The number of carbonyl (C=O) groups is 1. The van der Waals surface area contributed by atoms with Crippen molar-refractivity contribution in [1.82, 2.24) is 10.2 Å². The third-order valence-electron chi connectivity index (χ3n) is 3.53. The van der Waals surface area contributed by atoms with Gasteiger partial charge in [-0.05, 0) is 56.1 Å². The molecule has 0 aliphatic rings. The van der Waals surface area contributed by atoms with Crippen molar-refractivity contribution in [3.8, 4) is 0 Å². The molecule has 1 atom stereocenters. The summed E-state index contributed by atoms with van der Waals surface area (Å²) in [5.41, 5.74) is 0.848. The van der Waals surface area contributed by atoms with E-state index in [0.717, 1.165) is 14.9 Å². The van der Waals surface area contributed by atoms with E-state index in [1.54, 1.807) is 6.07 Å². The lowest BCUT2D eigenvalue weighted by atomic mass is 10.1. The molecule has 0 aliphatic carbocycles. The lowest BCUT2D eigenvalue weighted by Gasteiger charge is -2.25. The van der Waals surface area contributed by atoms with Crippen molar-refractivity contribution in [3.63, 3.8) is 0 Å². The number of hydrogen-bond acceptors (Lipinski definition) is 3. The van der Waals surface area contributed by atoms with Crippen LogP contribution in [0.15, 0.2) is 57.9 Å². The molecule has 0 bridgehead atoms. The zero-order valence-electron chi connectivity index (χ0n) is 13.6. The van der Waals surface area contributed by atoms with Gasteiger partial charge >= 0.3 is 0 Å². The van der Waals surface area contributed by atoms with E-state index in [1.807, 2.05) is 49.3 Å². The number of carbonyl (C=O) groups excluding carboxylic acids is 1. The van der Waals surface area contributed by atoms with Crippen LogP contribution in [-0.2, 0) is 4.79 Å². The minimum Gasteiger partial charge on any atom is -0.353 e. The van der Waals surface area contributed by atoms with E-state index in [-0.39, 0.29) is 17.8 Å². The first-order valence-corrected chi connectivity index (χ1v) is 9.30. The molecule has 0 saturated heterocycles. The maximum absolute atomic E-state index is 13.4. The van der Waals surface area contributed by atoms with Crippen molar-refractivity contribution in [1.29, 1.82) is 0 Å². The summed E-state index contributed by atoms with van der Waals surface area (Å²) in [6.07, 6.45) is 0. The Hall–Kier alpha value is -1.37. The quantitative estimate of drug-likeness (QED) is 0.697. The average Bonchev–Trinajstić information content (AvgIpc) is 2.54. The number of benzene rings is 2. The predicted octanol–water partition coefficient (Wildman–Crippen LogP) is 4.10. The maximum atomic E-state index is 13.4. The smallest absolute Gasteiger partial charge is 0.230 e.